The molecule has 0 bridgehead atoms. The number of nitrogens with zero attached hydrogens (tertiary/aromatic N) is 1. The van der Waals surface area contributed by atoms with Crippen molar-refractivity contribution in [2.24, 2.45) is 0 Å². The number of hydrogen-bond donors (Lipinski definition) is 2. The maximum atomic E-state index is 13.6. The molecular weight excluding hydrogens is 271 g/mol. The van der Waals surface area contributed by atoms with Gasteiger partial charge in [-0.05, 0) is 37.5 Å². The maximum Gasteiger partial charge on any atom is 0.245 e. The molecule has 0 aliphatic carbocycles. The zero-order valence-electron chi connectivity index (χ0n) is 10.8. The molecule has 0 aliphatic heterocycles. The number of aliphatic hydroxyl groups is 1. The summed E-state index contributed by atoms with van der Waals surface area (Å²) in [7, 11) is -2.46. The fourth-order valence-corrected chi connectivity index (χ4v) is 2.93. The van der Waals surface area contributed by atoms with Gasteiger partial charge in [-0.25, -0.2) is 17.1 Å². The molecule has 3 N–H and O–H groups in total. The molecule has 19 heavy (non-hydrogen) atoms. The van der Waals surface area contributed by atoms with Crippen molar-refractivity contribution in [1.82, 2.24) is 4.31 Å². The third-order valence-electron chi connectivity index (χ3n) is 2.77. The monoisotopic (exact) mass is 290 g/mol. The summed E-state index contributed by atoms with van der Waals surface area (Å²) in [4.78, 5) is -0.405. The molecule has 0 amide bonds. The van der Waals surface area contributed by atoms with Gasteiger partial charge in [-0.3, -0.25) is 0 Å². The molecule has 0 fully saturated rings. The molecule has 0 saturated carbocycles. The van der Waals surface area contributed by atoms with E-state index in [1.165, 1.54) is 13.1 Å². The Hall–Kier alpha value is -1.18. The number of nitrogens with two attached hydrogens (primary N) is 1. The van der Waals surface area contributed by atoms with Crippen LogP contribution in [-0.2, 0) is 10.0 Å². The van der Waals surface area contributed by atoms with Crippen LogP contribution in [0.25, 0.3) is 0 Å². The van der Waals surface area contributed by atoms with Crippen LogP contribution in [-0.4, -0.2) is 38.0 Å². The molecule has 1 aromatic carbocycles. The smallest absolute Gasteiger partial charge is 0.245 e. The molecule has 1 rings (SSSR count). The summed E-state index contributed by atoms with van der Waals surface area (Å²) < 4.78 is 39.0. The van der Waals surface area contributed by atoms with Gasteiger partial charge in [0.25, 0.3) is 0 Å². The summed E-state index contributed by atoms with van der Waals surface area (Å²) in [6.07, 6.45) is 1.95. The Morgan fingerprint density at radius 2 is 2.00 bits per heavy atom. The highest BCUT2D eigenvalue weighted by Gasteiger charge is 2.24. The fourth-order valence-electron chi connectivity index (χ4n) is 1.63. The lowest BCUT2D eigenvalue weighted by molar-refractivity contribution is 0.281. The third-order valence-corrected chi connectivity index (χ3v) is 4.65. The predicted octanol–water partition coefficient (Wildman–Crippen LogP) is 1.19. The number of anilines is 1. The summed E-state index contributed by atoms with van der Waals surface area (Å²) in [6.45, 7) is 0.358. The van der Waals surface area contributed by atoms with E-state index in [9.17, 15) is 12.8 Å². The van der Waals surface area contributed by atoms with Gasteiger partial charge in [-0.2, -0.15) is 0 Å². The van der Waals surface area contributed by atoms with Crippen LogP contribution < -0.4 is 5.73 Å². The second-order valence-electron chi connectivity index (χ2n) is 4.30. The first-order chi connectivity index (χ1) is 8.89. The van der Waals surface area contributed by atoms with Crippen LogP contribution in [0.5, 0.6) is 0 Å². The first-order valence-corrected chi connectivity index (χ1v) is 7.46. The molecule has 5 nitrogen and oxygen atoms in total. The van der Waals surface area contributed by atoms with Crippen molar-refractivity contribution in [3.8, 4) is 0 Å². The van der Waals surface area contributed by atoms with E-state index in [4.69, 9.17) is 10.8 Å². The van der Waals surface area contributed by atoms with E-state index in [2.05, 4.69) is 0 Å². The molecule has 0 unspecified atom stereocenters. The Bertz CT molecular complexity index is 520. The Kier molecular flexibility index (Phi) is 5.71. The van der Waals surface area contributed by atoms with E-state index in [0.29, 0.717) is 12.8 Å². The largest absolute Gasteiger partial charge is 0.399 e. The van der Waals surface area contributed by atoms with E-state index in [1.54, 1.807) is 0 Å². The highest BCUT2D eigenvalue weighted by atomic mass is 32.2. The minimum Gasteiger partial charge on any atom is -0.399 e. The van der Waals surface area contributed by atoms with Crippen molar-refractivity contribution in [2.45, 2.75) is 24.2 Å². The Morgan fingerprint density at radius 3 is 2.63 bits per heavy atom. The number of halogens is 1. The lowest BCUT2D eigenvalue weighted by Gasteiger charge is -2.17. The van der Waals surface area contributed by atoms with Gasteiger partial charge in [-0.1, -0.05) is 0 Å². The van der Waals surface area contributed by atoms with Crippen molar-refractivity contribution in [3.05, 3.63) is 24.0 Å². The van der Waals surface area contributed by atoms with Crippen LogP contribution in [0.3, 0.4) is 0 Å². The minimum atomic E-state index is -3.86. The molecular formula is C12H19FN2O3S. The molecule has 108 valence electrons. The summed E-state index contributed by atoms with van der Waals surface area (Å²) >= 11 is 0. The van der Waals surface area contributed by atoms with Crippen LogP contribution in [0, 0.1) is 5.82 Å². The van der Waals surface area contributed by atoms with E-state index in [-0.39, 0.29) is 18.8 Å². The predicted molar refractivity (Wildman–Crippen MR) is 71.6 cm³/mol. The zero-order chi connectivity index (χ0) is 14.5. The molecule has 1 aromatic rings. The minimum absolute atomic E-state index is 0.0836. The number of hydrogen-bond acceptors (Lipinski definition) is 4. The Labute approximate surface area is 112 Å². The van der Waals surface area contributed by atoms with Gasteiger partial charge in [0.05, 0.1) is 0 Å². The second kappa shape index (κ2) is 6.83. The molecule has 0 heterocycles. The van der Waals surface area contributed by atoms with Crippen LogP contribution in [0.15, 0.2) is 23.1 Å². The van der Waals surface area contributed by atoms with Crippen LogP contribution in [0.4, 0.5) is 10.1 Å². The summed E-state index contributed by atoms with van der Waals surface area (Å²) in [5.41, 5.74) is 5.69. The molecule has 0 saturated heterocycles. The number of rotatable bonds is 7. The van der Waals surface area contributed by atoms with Gasteiger partial charge in [0.1, 0.15) is 10.7 Å². The average Bonchev–Trinajstić information content (AvgIpc) is 2.37. The van der Waals surface area contributed by atoms with Gasteiger partial charge >= 0.3 is 0 Å². The van der Waals surface area contributed by atoms with Crippen LogP contribution >= 0.6 is 0 Å². The van der Waals surface area contributed by atoms with Crippen molar-refractivity contribution >= 4 is 15.7 Å². The van der Waals surface area contributed by atoms with Gasteiger partial charge in [0.2, 0.25) is 10.0 Å². The number of benzene rings is 1. The Morgan fingerprint density at radius 1 is 1.32 bits per heavy atom. The quantitative estimate of drug-likeness (QED) is 0.583. The normalized spacial score (nSPS) is 12.0. The molecule has 0 atom stereocenters. The maximum absolute atomic E-state index is 13.6. The van der Waals surface area contributed by atoms with Crippen LogP contribution in [0.1, 0.15) is 19.3 Å². The standard InChI is InChI=1S/C12H19FN2O3S/c1-15(7-3-2-4-8-16)19(17,18)12-9-10(14)5-6-11(12)13/h5-6,9,16H,2-4,7-8,14H2,1H3. The van der Waals surface area contributed by atoms with Crippen molar-refractivity contribution < 1.29 is 17.9 Å². The molecule has 0 aromatic heterocycles. The number of unbranched alkanes of at least 4 members (excludes halogenated alkanes) is 2. The summed E-state index contributed by atoms with van der Waals surface area (Å²) in [6, 6.07) is 3.48. The fraction of sp³-hybridized carbons (Fsp3) is 0.500. The van der Waals surface area contributed by atoms with E-state index in [1.807, 2.05) is 0 Å². The van der Waals surface area contributed by atoms with Crippen molar-refractivity contribution in [3.63, 3.8) is 0 Å². The SMILES string of the molecule is CN(CCCCCO)S(=O)(=O)c1cc(N)ccc1F. The summed E-state index contributed by atoms with van der Waals surface area (Å²) in [5.74, 6) is -0.809. The van der Waals surface area contributed by atoms with E-state index >= 15 is 0 Å². The summed E-state index contributed by atoms with van der Waals surface area (Å²) in [5, 5.41) is 8.64. The highest BCUT2D eigenvalue weighted by Crippen LogP contribution is 2.21. The van der Waals surface area contributed by atoms with E-state index in [0.717, 1.165) is 22.9 Å². The van der Waals surface area contributed by atoms with Crippen molar-refractivity contribution in [2.75, 3.05) is 25.9 Å². The van der Waals surface area contributed by atoms with Gasteiger partial charge in [0, 0.05) is 25.9 Å². The first-order valence-electron chi connectivity index (χ1n) is 6.02. The highest BCUT2D eigenvalue weighted by molar-refractivity contribution is 7.89. The molecule has 0 radical (unpaired) electrons. The van der Waals surface area contributed by atoms with E-state index < -0.39 is 20.7 Å². The Balaban J connectivity index is 2.82. The van der Waals surface area contributed by atoms with Gasteiger partial charge < -0.3 is 10.8 Å². The lowest BCUT2D eigenvalue weighted by Crippen LogP contribution is -2.28. The van der Waals surface area contributed by atoms with Crippen molar-refractivity contribution in [1.29, 1.82) is 0 Å². The topological polar surface area (TPSA) is 83.6 Å². The number of nitrogen functional groups attached to an aromatic ring is 1. The first kappa shape index (κ1) is 15.9. The molecule has 0 spiro atoms. The zero-order valence-corrected chi connectivity index (χ0v) is 11.7. The average molecular weight is 290 g/mol. The second-order valence-corrected chi connectivity index (χ2v) is 6.31. The van der Waals surface area contributed by atoms with Gasteiger partial charge in [0.15, 0.2) is 0 Å². The lowest BCUT2D eigenvalue weighted by atomic mass is 10.2. The van der Waals surface area contributed by atoms with Gasteiger partial charge in [-0.15, -0.1) is 0 Å². The molecule has 0 aliphatic rings. The number of sulfonamides is 1. The molecule has 7 heteroatoms. The number of aliphatic hydroxyl groups excluding tert-OH is 1. The van der Waals surface area contributed by atoms with Crippen LogP contribution in [0.2, 0.25) is 0 Å². The third kappa shape index (κ3) is 4.15.